The van der Waals surface area contributed by atoms with Crippen LogP contribution in [0.1, 0.15) is 41.3 Å². The number of aliphatic carboxylic acids is 1. The van der Waals surface area contributed by atoms with Crippen molar-refractivity contribution in [1.29, 1.82) is 0 Å². The Bertz CT molecular complexity index is 1120. The summed E-state index contributed by atoms with van der Waals surface area (Å²) in [6.45, 7) is 2.62. The van der Waals surface area contributed by atoms with E-state index in [9.17, 15) is 18.7 Å². The van der Waals surface area contributed by atoms with Crippen molar-refractivity contribution in [3.63, 3.8) is 0 Å². The van der Waals surface area contributed by atoms with Crippen LogP contribution in [0.3, 0.4) is 0 Å². The summed E-state index contributed by atoms with van der Waals surface area (Å²) in [5.41, 5.74) is 3.50. The molecule has 2 aromatic carbocycles. The number of anilines is 1. The molecule has 3 aromatic rings. The molecule has 7 heteroatoms. The van der Waals surface area contributed by atoms with Gasteiger partial charge in [-0.25, -0.2) is 8.78 Å². The molecule has 0 bridgehead atoms. The van der Waals surface area contributed by atoms with Crippen molar-refractivity contribution in [2.24, 2.45) is 5.92 Å². The van der Waals surface area contributed by atoms with Gasteiger partial charge in [-0.05, 0) is 55.6 Å². The number of rotatable bonds is 8. The first kappa shape index (κ1) is 22.9. The molecule has 1 aliphatic heterocycles. The summed E-state index contributed by atoms with van der Waals surface area (Å²) in [5.74, 6) is -3.46. The fourth-order valence-electron chi connectivity index (χ4n) is 4.41. The summed E-state index contributed by atoms with van der Waals surface area (Å²) >= 11 is 0. The second kappa shape index (κ2) is 10.1. The number of carbonyl (C=O) groups is 1. The molecule has 33 heavy (non-hydrogen) atoms. The van der Waals surface area contributed by atoms with Crippen LogP contribution in [0, 0.1) is 17.6 Å². The second-order valence-electron chi connectivity index (χ2n) is 8.46. The van der Waals surface area contributed by atoms with Gasteiger partial charge in [0.25, 0.3) is 0 Å². The van der Waals surface area contributed by atoms with Gasteiger partial charge >= 0.3 is 5.97 Å². The number of aromatic nitrogens is 1. The zero-order valence-electron chi connectivity index (χ0n) is 18.4. The predicted molar refractivity (Wildman–Crippen MR) is 123 cm³/mol. The summed E-state index contributed by atoms with van der Waals surface area (Å²) in [6, 6.07) is 16.2. The van der Waals surface area contributed by atoms with E-state index < -0.39 is 23.5 Å². The van der Waals surface area contributed by atoms with E-state index in [1.165, 1.54) is 13.0 Å². The maximum Gasteiger partial charge on any atom is 0.310 e. The molecule has 0 fully saturated rings. The smallest absolute Gasteiger partial charge is 0.310 e. The average molecular weight is 452 g/mol. The number of carboxylic acids is 1. The fourth-order valence-corrected chi connectivity index (χ4v) is 4.41. The van der Waals surface area contributed by atoms with E-state index in [4.69, 9.17) is 0 Å². The summed E-state index contributed by atoms with van der Waals surface area (Å²) < 4.78 is 28.6. The lowest BCUT2D eigenvalue weighted by molar-refractivity contribution is -0.138. The van der Waals surface area contributed by atoms with Gasteiger partial charge in [-0.15, -0.1) is 0 Å². The summed E-state index contributed by atoms with van der Waals surface area (Å²) in [4.78, 5) is 15.8. The molecular weight excluding hydrogens is 424 g/mol. The van der Waals surface area contributed by atoms with Gasteiger partial charge in [0.15, 0.2) is 0 Å². The molecule has 0 radical (unpaired) electrons. The van der Waals surface area contributed by atoms with Crippen LogP contribution in [-0.4, -0.2) is 29.1 Å². The van der Waals surface area contributed by atoms with Crippen LogP contribution < -0.4 is 10.6 Å². The third-order valence-electron chi connectivity index (χ3n) is 6.29. The van der Waals surface area contributed by atoms with Crippen molar-refractivity contribution in [2.75, 3.05) is 18.4 Å². The van der Waals surface area contributed by atoms with E-state index in [0.29, 0.717) is 18.5 Å². The SMILES string of the molecule is C[C@H](C(=O)O)c1cc(CCN[C@H](c2ccccc2)[C@H]2CNc3cccnc3C2)c(F)cc1F. The number of benzene rings is 2. The first-order valence-corrected chi connectivity index (χ1v) is 11.1. The molecule has 172 valence electrons. The Morgan fingerprint density at radius 1 is 1.18 bits per heavy atom. The molecule has 0 unspecified atom stereocenters. The minimum atomic E-state index is -1.15. The Labute approximate surface area is 191 Å². The van der Waals surface area contributed by atoms with Crippen molar-refractivity contribution >= 4 is 11.7 Å². The third-order valence-corrected chi connectivity index (χ3v) is 6.29. The lowest BCUT2D eigenvalue weighted by Crippen LogP contribution is -2.37. The topological polar surface area (TPSA) is 74.2 Å². The first-order chi connectivity index (χ1) is 15.9. The average Bonchev–Trinajstić information content (AvgIpc) is 2.83. The molecule has 1 aromatic heterocycles. The number of nitrogens with one attached hydrogen (secondary N) is 2. The van der Waals surface area contributed by atoms with Crippen LogP contribution in [0.4, 0.5) is 14.5 Å². The Balaban J connectivity index is 1.51. The Morgan fingerprint density at radius 3 is 2.73 bits per heavy atom. The molecule has 0 spiro atoms. The molecule has 0 saturated heterocycles. The number of halogens is 2. The van der Waals surface area contributed by atoms with E-state index in [-0.39, 0.29) is 17.5 Å². The molecule has 0 aliphatic carbocycles. The Hall–Kier alpha value is -3.32. The van der Waals surface area contributed by atoms with Gasteiger partial charge in [0.05, 0.1) is 17.3 Å². The summed E-state index contributed by atoms with van der Waals surface area (Å²) in [7, 11) is 0. The molecule has 0 amide bonds. The zero-order chi connectivity index (χ0) is 23.4. The molecule has 3 atom stereocenters. The Kier molecular flexibility index (Phi) is 6.99. The van der Waals surface area contributed by atoms with Crippen molar-refractivity contribution in [2.45, 2.75) is 31.7 Å². The molecule has 3 N–H and O–H groups in total. The highest BCUT2D eigenvalue weighted by atomic mass is 19.1. The second-order valence-corrected chi connectivity index (χ2v) is 8.46. The fraction of sp³-hybridized carbons (Fsp3) is 0.308. The van der Waals surface area contributed by atoms with E-state index in [1.807, 2.05) is 30.3 Å². The highest BCUT2D eigenvalue weighted by Crippen LogP contribution is 2.31. The van der Waals surface area contributed by atoms with Gasteiger partial charge < -0.3 is 15.7 Å². The van der Waals surface area contributed by atoms with Crippen LogP contribution in [-0.2, 0) is 17.6 Å². The largest absolute Gasteiger partial charge is 0.481 e. The highest BCUT2D eigenvalue weighted by Gasteiger charge is 2.28. The minimum absolute atomic E-state index is 0.00216. The normalized spacial score (nSPS) is 17.0. The molecular formula is C26H27F2N3O2. The van der Waals surface area contributed by atoms with E-state index >= 15 is 0 Å². The van der Waals surface area contributed by atoms with Gasteiger partial charge in [0, 0.05) is 36.3 Å². The number of fused-ring (bicyclic) bond motifs is 1. The monoisotopic (exact) mass is 451 g/mol. The van der Waals surface area contributed by atoms with Crippen LogP contribution in [0.2, 0.25) is 0 Å². The lowest BCUT2D eigenvalue weighted by Gasteiger charge is -2.33. The predicted octanol–water partition coefficient (Wildman–Crippen LogP) is 4.71. The third kappa shape index (κ3) is 5.20. The summed E-state index contributed by atoms with van der Waals surface area (Å²) in [5, 5.41) is 16.2. The number of hydrogen-bond acceptors (Lipinski definition) is 4. The van der Waals surface area contributed by atoms with Crippen LogP contribution in [0.25, 0.3) is 0 Å². The number of hydrogen-bond donors (Lipinski definition) is 3. The summed E-state index contributed by atoms with van der Waals surface area (Å²) in [6.07, 6.45) is 2.91. The maximum absolute atomic E-state index is 14.4. The van der Waals surface area contributed by atoms with Crippen molar-refractivity contribution in [1.82, 2.24) is 10.3 Å². The van der Waals surface area contributed by atoms with Crippen molar-refractivity contribution in [3.8, 4) is 0 Å². The van der Waals surface area contributed by atoms with Crippen LogP contribution >= 0.6 is 0 Å². The van der Waals surface area contributed by atoms with Crippen LogP contribution in [0.15, 0.2) is 60.8 Å². The molecule has 2 heterocycles. The molecule has 0 saturated carbocycles. The van der Waals surface area contributed by atoms with E-state index in [2.05, 4.69) is 27.8 Å². The minimum Gasteiger partial charge on any atom is -0.481 e. The van der Waals surface area contributed by atoms with Crippen molar-refractivity contribution in [3.05, 3.63) is 94.8 Å². The molecule has 4 rings (SSSR count). The Morgan fingerprint density at radius 2 is 1.97 bits per heavy atom. The van der Waals surface area contributed by atoms with Gasteiger partial charge in [-0.2, -0.15) is 0 Å². The maximum atomic E-state index is 14.4. The number of pyridine rings is 1. The highest BCUT2D eigenvalue weighted by molar-refractivity contribution is 5.75. The molecule has 1 aliphatic rings. The van der Waals surface area contributed by atoms with Crippen LogP contribution in [0.5, 0.6) is 0 Å². The van der Waals surface area contributed by atoms with Gasteiger partial charge in [-0.1, -0.05) is 30.3 Å². The number of nitrogens with zero attached hydrogens (tertiary/aromatic N) is 1. The lowest BCUT2D eigenvalue weighted by atomic mass is 9.86. The standard InChI is InChI=1S/C26H27F2N3O2/c1-16(26(32)33)20-12-18(21(27)14-22(20)28)9-11-30-25(17-6-3-2-4-7-17)19-13-24-23(31-15-19)8-5-10-29-24/h2-8,10,12,14,16,19,25,30-31H,9,11,13,15H2,1H3,(H,32,33)/t16-,19+,25+/m0/s1. The van der Waals surface area contributed by atoms with Gasteiger partial charge in [0.1, 0.15) is 11.6 Å². The van der Waals surface area contributed by atoms with Crippen molar-refractivity contribution < 1.29 is 18.7 Å². The van der Waals surface area contributed by atoms with E-state index in [1.54, 1.807) is 6.20 Å². The first-order valence-electron chi connectivity index (χ1n) is 11.1. The molecule has 5 nitrogen and oxygen atoms in total. The van der Waals surface area contributed by atoms with Gasteiger partial charge in [0.2, 0.25) is 0 Å². The van der Waals surface area contributed by atoms with Gasteiger partial charge in [-0.3, -0.25) is 9.78 Å². The van der Waals surface area contributed by atoms with E-state index in [0.717, 1.165) is 36.0 Å². The number of carboxylic acid groups (broad SMARTS) is 1. The quantitative estimate of drug-likeness (QED) is 0.463. The zero-order valence-corrected chi connectivity index (χ0v) is 18.4.